The zero-order valence-corrected chi connectivity index (χ0v) is 19.5. The molecule has 0 saturated carbocycles. The Morgan fingerprint density at radius 2 is 1.56 bits per heavy atom. The summed E-state index contributed by atoms with van der Waals surface area (Å²) in [6.45, 7) is 4.10. The number of hydrogen-bond acceptors (Lipinski definition) is 4. The number of rotatable bonds is 4. The minimum absolute atomic E-state index is 0.292. The monoisotopic (exact) mass is 521 g/mol. The van der Waals surface area contributed by atoms with Crippen molar-refractivity contribution >= 4 is 34.6 Å². The molecule has 0 amide bonds. The lowest BCUT2D eigenvalue weighted by Gasteiger charge is -2.22. The third-order valence-corrected chi connectivity index (χ3v) is 8.69. The second-order valence-corrected chi connectivity index (χ2v) is 12.6. The first-order valence-corrected chi connectivity index (χ1v) is 13.3. The van der Waals surface area contributed by atoms with Crippen LogP contribution in [0.25, 0.3) is 17.1 Å². The van der Waals surface area contributed by atoms with Crippen LogP contribution in [-0.4, -0.2) is 32.8 Å². The van der Waals surface area contributed by atoms with Crippen LogP contribution < -0.4 is 10.6 Å². The second kappa shape index (κ2) is 8.21. The van der Waals surface area contributed by atoms with Gasteiger partial charge in [-0.15, -0.1) is 0 Å². The Kier molecular flexibility index (Phi) is 5.71. The summed E-state index contributed by atoms with van der Waals surface area (Å²) in [7, 11) is -2.44. The molecule has 0 aliphatic rings. The van der Waals surface area contributed by atoms with Gasteiger partial charge in [0, 0.05) is 22.4 Å². The third-order valence-electron chi connectivity index (χ3n) is 4.97. The normalized spacial score (nSPS) is 12.2. The average molecular weight is 522 g/mol. The highest BCUT2D eigenvalue weighted by molar-refractivity contribution is 9.10. The summed E-state index contributed by atoms with van der Waals surface area (Å²) in [5.41, 5.74) is 0.297. The van der Waals surface area contributed by atoms with Crippen LogP contribution in [0.5, 0.6) is 0 Å². The van der Waals surface area contributed by atoms with Crippen molar-refractivity contribution in [1.29, 1.82) is 0 Å². The van der Waals surface area contributed by atoms with Crippen LogP contribution in [0.2, 0.25) is 13.1 Å². The van der Waals surface area contributed by atoms with Crippen molar-refractivity contribution < 1.29 is 17.6 Å². The first-order valence-electron chi connectivity index (χ1n) is 9.46. The van der Waals surface area contributed by atoms with Crippen LogP contribution in [-0.2, 0) is 6.18 Å². The topological polar surface area (TPSA) is 56.5 Å². The smallest absolute Gasteiger partial charge is 0.257 e. The van der Waals surface area contributed by atoms with E-state index in [9.17, 15) is 17.6 Å². The van der Waals surface area contributed by atoms with Gasteiger partial charge in [-0.2, -0.15) is 22.7 Å². The van der Waals surface area contributed by atoms with E-state index in [1.165, 1.54) is 12.3 Å². The molecule has 4 rings (SSSR count). The van der Waals surface area contributed by atoms with Gasteiger partial charge in [-0.3, -0.25) is 4.98 Å². The van der Waals surface area contributed by atoms with Crippen molar-refractivity contribution in [3.8, 4) is 17.1 Å². The highest BCUT2D eigenvalue weighted by Gasteiger charge is 2.34. The molecule has 0 N–H and O–H groups in total. The molecule has 4 aromatic rings. The van der Waals surface area contributed by atoms with Gasteiger partial charge >= 0.3 is 6.18 Å². The van der Waals surface area contributed by atoms with Gasteiger partial charge in [0.1, 0.15) is 4.60 Å². The van der Waals surface area contributed by atoms with Crippen molar-refractivity contribution in [1.82, 2.24) is 24.7 Å². The minimum atomic E-state index is -4.52. The summed E-state index contributed by atoms with van der Waals surface area (Å²) < 4.78 is 53.6. The molecule has 0 atom stereocenters. The number of nitrogens with zero attached hydrogens (tertiary/aromatic N) is 5. The van der Waals surface area contributed by atoms with E-state index in [0.29, 0.717) is 21.7 Å². The quantitative estimate of drug-likeness (QED) is 0.226. The number of aromatic nitrogens is 5. The molecule has 11 heteroatoms. The fourth-order valence-corrected chi connectivity index (χ4v) is 5.76. The molecule has 0 aliphatic carbocycles. The van der Waals surface area contributed by atoms with Crippen LogP contribution in [0.3, 0.4) is 0 Å². The fraction of sp³-hybridized carbons (Fsp3) is 0.143. The van der Waals surface area contributed by atoms with Gasteiger partial charge in [-0.1, -0.05) is 25.2 Å². The lowest BCUT2D eigenvalue weighted by Crippen LogP contribution is -2.55. The van der Waals surface area contributed by atoms with Crippen LogP contribution >= 0.6 is 15.9 Å². The zero-order valence-electron chi connectivity index (χ0n) is 16.9. The molecule has 0 fully saturated rings. The molecule has 0 aliphatic heterocycles. The molecule has 0 aromatic carbocycles. The highest BCUT2D eigenvalue weighted by atomic mass is 79.9. The Hall–Kier alpha value is -2.92. The van der Waals surface area contributed by atoms with Crippen LogP contribution in [0.4, 0.5) is 17.6 Å². The SMILES string of the molecule is C[Si](C)(c1cccc(-c2ccc(F)nc2Br)n1)c1cccc(-n2ccc(C(F)(F)F)n2)n1. The summed E-state index contributed by atoms with van der Waals surface area (Å²) in [6, 6.07) is 14.5. The first kappa shape index (κ1) is 22.3. The van der Waals surface area contributed by atoms with Gasteiger partial charge in [0.25, 0.3) is 0 Å². The summed E-state index contributed by atoms with van der Waals surface area (Å²) in [5, 5.41) is 5.15. The van der Waals surface area contributed by atoms with E-state index in [-0.39, 0.29) is 0 Å². The molecule has 4 aromatic heterocycles. The van der Waals surface area contributed by atoms with Gasteiger partial charge in [0.2, 0.25) is 5.95 Å². The summed E-state index contributed by atoms with van der Waals surface area (Å²) in [6.07, 6.45) is -3.29. The predicted molar refractivity (Wildman–Crippen MR) is 118 cm³/mol. The number of pyridine rings is 3. The highest BCUT2D eigenvalue weighted by Crippen LogP contribution is 2.28. The standard InChI is InChI=1S/C21H16BrF4N5Si/c1-32(2,18-7-3-5-14(27-18)13-9-10-16(23)28-20(13)22)19-8-4-6-17(29-19)31-12-11-15(30-31)21(24,25)26/h3-12H,1-2H3. The van der Waals surface area contributed by atoms with Crippen molar-refractivity contribution in [2.75, 3.05) is 0 Å². The maximum absolute atomic E-state index is 13.4. The summed E-state index contributed by atoms with van der Waals surface area (Å²) in [4.78, 5) is 13.2. The minimum Gasteiger partial charge on any atom is -0.257 e. The molecule has 0 spiro atoms. The van der Waals surface area contributed by atoms with Crippen LogP contribution in [0, 0.1) is 5.95 Å². The summed E-state index contributed by atoms with van der Waals surface area (Å²) >= 11 is 3.27. The van der Waals surface area contributed by atoms with Crippen molar-refractivity contribution in [3.05, 3.63) is 77.0 Å². The molecule has 0 saturated heterocycles. The summed E-state index contributed by atoms with van der Waals surface area (Å²) in [5.74, 6) is -0.306. The van der Waals surface area contributed by atoms with Gasteiger partial charge < -0.3 is 0 Å². The molecule has 0 unspecified atom stereocenters. The van der Waals surface area contributed by atoms with E-state index in [1.807, 2.05) is 31.3 Å². The maximum Gasteiger partial charge on any atom is 0.435 e. The third kappa shape index (κ3) is 4.35. The van der Waals surface area contributed by atoms with E-state index in [0.717, 1.165) is 21.4 Å². The first-order chi connectivity index (χ1) is 15.1. The number of halogens is 5. The number of hydrogen-bond donors (Lipinski definition) is 0. The number of alkyl halides is 3. The van der Waals surface area contributed by atoms with E-state index >= 15 is 0 Å². The van der Waals surface area contributed by atoms with Gasteiger partial charge in [-0.25, -0.2) is 14.6 Å². The lowest BCUT2D eigenvalue weighted by atomic mass is 10.2. The molecule has 4 heterocycles. The average Bonchev–Trinajstić information content (AvgIpc) is 3.25. The Balaban J connectivity index is 1.71. The molecular weight excluding hydrogens is 506 g/mol. The van der Waals surface area contributed by atoms with Crippen LogP contribution in [0.15, 0.2) is 65.4 Å². The van der Waals surface area contributed by atoms with Crippen molar-refractivity contribution in [2.45, 2.75) is 19.3 Å². The lowest BCUT2D eigenvalue weighted by molar-refractivity contribution is -0.141. The van der Waals surface area contributed by atoms with E-state index in [2.05, 4.69) is 31.0 Å². The van der Waals surface area contributed by atoms with E-state index in [1.54, 1.807) is 24.3 Å². The molecule has 32 heavy (non-hydrogen) atoms. The largest absolute Gasteiger partial charge is 0.435 e. The maximum atomic E-state index is 13.4. The van der Waals surface area contributed by atoms with Gasteiger partial charge in [-0.05, 0) is 58.4 Å². The molecule has 0 radical (unpaired) electrons. The Bertz CT molecular complexity index is 1290. The Labute approximate surface area is 190 Å². The molecule has 0 bridgehead atoms. The molecule has 5 nitrogen and oxygen atoms in total. The Morgan fingerprint density at radius 3 is 2.22 bits per heavy atom. The van der Waals surface area contributed by atoms with Gasteiger partial charge in [0.15, 0.2) is 19.6 Å². The van der Waals surface area contributed by atoms with Gasteiger partial charge in [0.05, 0.1) is 5.69 Å². The van der Waals surface area contributed by atoms with E-state index < -0.39 is 25.9 Å². The molecule has 164 valence electrons. The van der Waals surface area contributed by atoms with Crippen molar-refractivity contribution in [2.24, 2.45) is 0 Å². The fourth-order valence-electron chi connectivity index (χ4n) is 3.17. The van der Waals surface area contributed by atoms with Crippen LogP contribution in [0.1, 0.15) is 5.69 Å². The Morgan fingerprint density at radius 1 is 0.875 bits per heavy atom. The zero-order chi connectivity index (χ0) is 23.1. The molecular formula is C21H16BrF4N5Si. The second-order valence-electron chi connectivity index (χ2n) is 7.53. The van der Waals surface area contributed by atoms with Crippen molar-refractivity contribution in [3.63, 3.8) is 0 Å². The predicted octanol–water partition coefficient (Wildman–Crippen LogP) is 4.47. The van der Waals surface area contributed by atoms with E-state index in [4.69, 9.17) is 4.98 Å².